The molecule has 0 spiro atoms. The Kier molecular flexibility index (Phi) is 4.06. The second kappa shape index (κ2) is 4.88. The van der Waals surface area contributed by atoms with Gasteiger partial charge >= 0.3 is 0 Å². The lowest BCUT2D eigenvalue weighted by Crippen LogP contribution is -1.97. The number of nitrogens with zero attached hydrogens (tertiary/aromatic N) is 2. The van der Waals surface area contributed by atoms with Crippen molar-refractivity contribution in [1.82, 2.24) is 10.1 Å². The Hall–Kier alpha value is -0.430. The lowest BCUT2D eigenvalue weighted by molar-refractivity contribution is 0.423. The van der Waals surface area contributed by atoms with Crippen molar-refractivity contribution in [3.05, 3.63) is 21.7 Å². The van der Waals surface area contributed by atoms with Crippen LogP contribution in [0.4, 0.5) is 0 Å². The Balaban J connectivity index is 0.000000980. The van der Waals surface area contributed by atoms with Gasteiger partial charge in [0.05, 0.1) is 11.4 Å². The van der Waals surface area contributed by atoms with Gasteiger partial charge in [-0.3, -0.25) is 0 Å². The fraction of sp³-hybridized carbons (Fsp3) is 0.143. The van der Waals surface area contributed by atoms with Crippen LogP contribution in [0.3, 0.4) is 0 Å². The SMILES string of the molecule is Cl.NCc1noc(-c2cc(Br)cs2)n1. The van der Waals surface area contributed by atoms with Crippen molar-refractivity contribution in [3.8, 4) is 10.8 Å². The van der Waals surface area contributed by atoms with Crippen molar-refractivity contribution in [2.45, 2.75) is 6.54 Å². The highest BCUT2D eigenvalue weighted by Crippen LogP contribution is 2.28. The standard InChI is InChI=1S/C7H6BrN3OS.ClH/c8-4-1-5(13-3-4)7-10-6(2-9)11-12-7;/h1,3H,2,9H2;1H. The molecule has 2 rings (SSSR count). The molecule has 0 amide bonds. The van der Waals surface area contributed by atoms with Crippen LogP contribution < -0.4 is 5.73 Å². The number of rotatable bonds is 2. The molecule has 0 atom stereocenters. The minimum atomic E-state index is 0. The molecule has 0 aliphatic rings. The maximum atomic E-state index is 5.36. The molecule has 0 aliphatic carbocycles. The largest absolute Gasteiger partial charge is 0.333 e. The van der Waals surface area contributed by atoms with Crippen molar-refractivity contribution in [2.24, 2.45) is 5.73 Å². The molecule has 7 heteroatoms. The quantitative estimate of drug-likeness (QED) is 0.924. The van der Waals surface area contributed by atoms with E-state index in [4.69, 9.17) is 10.3 Å². The summed E-state index contributed by atoms with van der Waals surface area (Å²) < 4.78 is 6.02. The molecule has 0 unspecified atom stereocenters. The van der Waals surface area contributed by atoms with Gasteiger partial charge in [-0.15, -0.1) is 23.7 Å². The van der Waals surface area contributed by atoms with Crippen LogP contribution in [0, 0.1) is 0 Å². The van der Waals surface area contributed by atoms with Crippen LogP contribution in [0.15, 0.2) is 20.4 Å². The Labute approximate surface area is 99.0 Å². The van der Waals surface area contributed by atoms with Gasteiger partial charge in [-0.2, -0.15) is 4.98 Å². The Morgan fingerprint density at radius 1 is 1.57 bits per heavy atom. The van der Waals surface area contributed by atoms with Crippen molar-refractivity contribution in [2.75, 3.05) is 0 Å². The highest BCUT2D eigenvalue weighted by molar-refractivity contribution is 9.10. The van der Waals surface area contributed by atoms with Crippen LogP contribution in [0.25, 0.3) is 10.8 Å². The van der Waals surface area contributed by atoms with Gasteiger partial charge < -0.3 is 10.3 Å². The summed E-state index contributed by atoms with van der Waals surface area (Å²) in [5.74, 6) is 1.05. The van der Waals surface area contributed by atoms with Crippen LogP contribution >= 0.6 is 39.7 Å². The summed E-state index contributed by atoms with van der Waals surface area (Å²) in [6.07, 6.45) is 0. The van der Waals surface area contributed by atoms with Crippen molar-refractivity contribution in [3.63, 3.8) is 0 Å². The zero-order chi connectivity index (χ0) is 9.26. The summed E-state index contributed by atoms with van der Waals surface area (Å²) in [5.41, 5.74) is 5.36. The fourth-order valence-electron chi connectivity index (χ4n) is 0.862. The first kappa shape index (κ1) is 11.6. The van der Waals surface area contributed by atoms with E-state index in [0.29, 0.717) is 18.3 Å². The number of thiophene rings is 1. The number of nitrogens with two attached hydrogens (primary N) is 1. The van der Waals surface area contributed by atoms with Crippen LogP contribution in [-0.2, 0) is 6.54 Å². The van der Waals surface area contributed by atoms with Gasteiger partial charge in [-0.05, 0) is 22.0 Å². The average Bonchev–Trinajstić information content (AvgIpc) is 2.71. The van der Waals surface area contributed by atoms with E-state index in [0.717, 1.165) is 9.35 Å². The summed E-state index contributed by atoms with van der Waals surface area (Å²) in [5, 5.41) is 5.66. The molecule has 0 bridgehead atoms. The first-order valence-corrected chi connectivity index (χ1v) is 5.24. The zero-order valence-electron chi connectivity index (χ0n) is 6.94. The highest BCUT2D eigenvalue weighted by Gasteiger charge is 2.09. The third kappa shape index (κ3) is 2.33. The van der Waals surface area contributed by atoms with Gasteiger partial charge in [0.1, 0.15) is 0 Å². The molecule has 0 aromatic carbocycles. The van der Waals surface area contributed by atoms with Crippen molar-refractivity contribution < 1.29 is 4.52 Å². The summed E-state index contributed by atoms with van der Waals surface area (Å²) in [7, 11) is 0. The van der Waals surface area contributed by atoms with Crippen molar-refractivity contribution >= 4 is 39.7 Å². The number of aromatic nitrogens is 2. The molecule has 2 N–H and O–H groups in total. The third-order valence-electron chi connectivity index (χ3n) is 1.43. The van der Waals surface area contributed by atoms with E-state index in [1.165, 1.54) is 0 Å². The average molecular weight is 297 g/mol. The van der Waals surface area contributed by atoms with Crippen LogP contribution in [0.2, 0.25) is 0 Å². The van der Waals surface area contributed by atoms with E-state index >= 15 is 0 Å². The predicted molar refractivity (Wildman–Crippen MR) is 60.5 cm³/mol. The summed E-state index contributed by atoms with van der Waals surface area (Å²) in [6.45, 7) is 0.302. The highest BCUT2D eigenvalue weighted by atomic mass is 79.9. The van der Waals surface area contributed by atoms with E-state index in [1.54, 1.807) is 11.3 Å². The lowest BCUT2D eigenvalue weighted by atomic mass is 10.5. The number of halogens is 2. The molecule has 0 fully saturated rings. The molecule has 2 heterocycles. The first-order chi connectivity index (χ1) is 6.29. The van der Waals surface area contributed by atoms with E-state index in [1.807, 2.05) is 11.4 Å². The second-order valence-electron chi connectivity index (χ2n) is 2.35. The minimum absolute atomic E-state index is 0. The summed E-state index contributed by atoms with van der Waals surface area (Å²) in [4.78, 5) is 5.04. The van der Waals surface area contributed by atoms with Gasteiger partial charge in [-0.25, -0.2) is 0 Å². The molecule has 76 valence electrons. The van der Waals surface area contributed by atoms with Crippen LogP contribution in [-0.4, -0.2) is 10.1 Å². The van der Waals surface area contributed by atoms with Gasteiger partial charge in [0.15, 0.2) is 5.82 Å². The number of hydrogen-bond donors (Lipinski definition) is 1. The predicted octanol–water partition coefficient (Wildman–Crippen LogP) is 2.44. The number of hydrogen-bond acceptors (Lipinski definition) is 5. The van der Waals surface area contributed by atoms with Crippen molar-refractivity contribution in [1.29, 1.82) is 0 Å². The van der Waals surface area contributed by atoms with E-state index < -0.39 is 0 Å². The molecule has 14 heavy (non-hydrogen) atoms. The van der Waals surface area contributed by atoms with Gasteiger partial charge in [0.25, 0.3) is 5.89 Å². The fourth-order valence-corrected chi connectivity index (χ4v) is 2.21. The molecular formula is C7H7BrClN3OS. The summed E-state index contributed by atoms with van der Waals surface area (Å²) in [6, 6.07) is 1.93. The molecular weight excluding hydrogens is 290 g/mol. The smallest absolute Gasteiger partial charge is 0.268 e. The maximum Gasteiger partial charge on any atom is 0.268 e. The Morgan fingerprint density at radius 2 is 2.36 bits per heavy atom. The molecule has 0 saturated carbocycles. The van der Waals surface area contributed by atoms with E-state index in [9.17, 15) is 0 Å². The van der Waals surface area contributed by atoms with Gasteiger partial charge in [0.2, 0.25) is 0 Å². The topological polar surface area (TPSA) is 64.9 Å². The Morgan fingerprint density at radius 3 is 2.86 bits per heavy atom. The minimum Gasteiger partial charge on any atom is -0.333 e. The normalized spacial score (nSPS) is 9.86. The van der Waals surface area contributed by atoms with Gasteiger partial charge in [0, 0.05) is 9.85 Å². The maximum absolute atomic E-state index is 5.36. The monoisotopic (exact) mass is 295 g/mol. The van der Waals surface area contributed by atoms with Crippen LogP contribution in [0.1, 0.15) is 5.82 Å². The molecule has 0 aliphatic heterocycles. The van der Waals surface area contributed by atoms with Gasteiger partial charge in [-0.1, -0.05) is 5.16 Å². The first-order valence-electron chi connectivity index (χ1n) is 3.56. The molecule has 0 radical (unpaired) electrons. The second-order valence-corrected chi connectivity index (χ2v) is 4.18. The van der Waals surface area contributed by atoms with E-state index in [2.05, 4.69) is 26.1 Å². The summed E-state index contributed by atoms with van der Waals surface area (Å²) >= 11 is 4.89. The van der Waals surface area contributed by atoms with Crippen LogP contribution in [0.5, 0.6) is 0 Å². The lowest BCUT2D eigenvalue weighted by Gasteiger charge is -1.82. The third-order valence-corrected chi connectivity index (χ3v) is 3.11. The zero-order valence-corrected chi connectivity index (χ0v) is 10.2. The molecule has 2 aromatic rings. The Bertz CT molecular complexity index is 416. The molecule has 4 nitrogen and oxygen atoms in total. The molecule has 0 saturated heterocycles. The molecule has 2 aromatic heterocycles. The van der Waals surface area contributed by atoms with E-state index in [-0.39, 0.29) is 12.4 Å².